The van der Waals surface area contributed by atoms with Crippen molar-refractivity contribution in [2.75, 3.05) is 6.61 Å². The van der Waals surface area contributed by atoms with Crippen LogP contribution in [0.15, 0.2) is 18.2 Å². The third kappa shape index (κ3) is 14.2. The maximum atomic E-state index is 12.5. The lowest BCUT2D eigenvalue weighted by molar-refractivity contribution is -0.161. The van der Waals surface area contributed by atoms with Gasteiger partial charge >= 0.3 is 24.2 Å². The van der Waals surface area contributed by atoms with Crippen LogP contribution in [0.1, 0.15) is 92.6 Å². The van der Waals surface area contributed by atoms with E-state index in [1.54, 1.807) is 33.8 Å². The lowest BCUT2D eigenvalue weighted by Crippen LogP contribution is -2.36. The molecule has 0 aliphatic carbocycles. The van der Waals surface area contributed by atoms with Gasteiger partial charge in [-0.3, -0.25) is 9.59 Å². The molecule has 232 valence electrons. The maximum absolute atomic E-state index is 12.5. The van der Waals surface area contributed by atoms with Gasteiger partial charge in [0.15, 0.2) is 11.5 Å². The lowest BCUT2D eigenvalue weighted by Gasteiger charge is -2.18. The molecule has 0 spiro atoms. The standard InChI is InChI=1S/C30H47NO10/c1-8-11-19(4)27(32)37-22(7)18-36-28(33)24(31)16-23-14-15-25(40-29(34)38-20(5)12-9-2)26(17-23)41-30(35)39-21(6)13-10-3/h14-15,17,19-22,24H,8-13,16,18,31H2,1-7H3/t19?,20?,21?,22-,24-/m0/s1. The van der Waals surface area contributed by atoms with Crippen LogP contribution in [0.3, 0.4) is 0 Å². The van der Waals surface area contributed by atoms with Crippen molar-refractivity contribution < 1.29 is 47.6 Å². The summed E-state index contributed by atoms with van der Waals surface area (Å²) in [5.74, 6) is -1.44. The number of ether oxygens (including phenoxy) is 6. The van der Waals surface area contributed by atoms with E-state index in [2.05, 4.69) is 0 Å². The van der Waals surface area contributed by atoms with Gasteiger partial charge < -0.3 is 34.2 Å². The minimum Gasteiger partial charge on any atom is -0.461 e. The van der Waals surface area contributed by atoms with E-state index in [1.165, 1.54) is 12.1 Å². The third-order valence-electron chi connectivity index (χ3n) is 6.04. The number of benzene rings is 1. The summed E-state index contributed by atoms with van der Waals surface area (Å²) < 4.78 is 31.7. The molecule has 1 aromatic rings. The van der Waals surface area contributed by atoms with Crippen molar-refractivity contribution in [3.63, 3.8) is 0 Å². The van der Waals surface area contributed by atoms with Gasteiger partial charge in [-0.15, -0.1) is 0 Å². The van der Waals surface area contributed by atoms with E-state index in [9.17, 15) is 19.2 Å². The van der Waals surface area contributed by atoms with Gasteiger partial charge in [0.2, 0.25) is 0 Å². The molecular formula is C30H47NO10. The van der Waals surface area contributed by atoms with Crippen LogP contribution in [-0.4, -0.2) is 55.2 Å². The number of carbonyl (C=O) groups excluding carboxylic acids is 4. The van der Waals surface area contributed by atoms with Gasteiger partial charge in [-0.05, 0) is 64.2 Å². The first kappa shape index (κ1) is 35.7. The van der Waals surface area contributed by atoms with Crippen LogP contribution >= 0.6 is 0 Å². The highest BCUT2D eigenvalue weighted by molar-refractivity contribution is 5.76. The topological polar surface area (TPSA) is 150 Å². The Kier molecular flexibility index (Phi) is 16.5. The quantitative estimate of drug-likeness (QED) is 0.133. The molecule has 0 fully saturated rings. The van der Waals surface area contributed by atoms with Crippen molar-refractivity contribution in [3.05, 3.63) is 23.8 Å². The van der Waals surface area contributed by atoms with Gasteiger partial charge in [-0.2, -0.15) is 0 Å². The number of hydrogen-bond donors (Lipinski definition) is 1. The molecule has 3 unspecified atom stereocenters. The zero-order valence-corrected chi connectivity index (χ0v) is 25.4. The second kappa shape index (κ2) is 18.9. The highest BCUT2D eigenvalue weighted by Gasteiger charge is 2.23. The van der Waals surface area contributed by atoms with Crippen LogP contribution in [-0.2, 0) is 35.0 Å². The molecule has 1 aromatic carbocycles. The average molecular weight is 582 g/mol. The first-order valence-electron chi connectivity index (χ1n) is 14.4. The van der Waals surface area contributed by atoms with E-state index >= 15 is 0 Å². The Morgan fingerprint density at radius 2 is 1.24 bits per heavy atom. The Balaban J connectivity index is 2.90. The minimum atomic E-state index is -1.06. The zero-order valence-electron chi connectivity index (χ0n) is 25.4. The predicted octanol–water partition coefficient (Wildman–Crippen LogP) is 5.88. The Hall–Kier alpha value is -3.34. The van der Waals surface area contributed by atoms with Crippen LogP contribution < -0.4 is 15.2 Å². The van der Waals surface area contributed by atoms with Gasteiger partial charge in [-0.25, -0.2) is 9.59 Å². The van der Waals surface area contributed by atoms with Crippen LogP contribution in [0, 0.1) is 5.92 Å². The summed E-state index contributed by atoms with van der Waals surface area (Å²) in [6.45, 7) is 12.7. The molecule has 0 saturated carbocycles. The highest BCUT2D eigenvalue weighted by atomic mass is 16.7. The van der Waals surface area contributed by atoms with Crippen molar-refractivity contribution in [3.8, 4) is 11.5 Å². The second-order valence-electron chi connectivity index (χ2n) is 10.3. The van der Waals surface area contributed by atoms with Gasteiger partial charge in [0, 0.05) is 0 Å². The molecule has 5 atom stereocenters. The maximum Gasteiger partial charge on any atom is 0.514 e. The molecule has 11 nitrogen and oxygen atoms in total. The fourth-order valence-corrected chi connectivity index (χ4v) is 3.87. The molecule has 2 N–H and O–H groups in total. The molecule has 11 heteroatoms. The number of carbonyl (C=O) groups is 4. The Labute approximate surface area is 243 Å². The largest absolute Gasteiger partial charge is 0.514 e. The molecule has 0 aliphatic rings. The van der Waals surface area contributed by atoms with E-state index in [1.807, 2.05) is 20.8 Å². The number of nitrogens with two attached hydrogens (primary N) is 1. The highest BCUT2D eigenvalue weighted by Crippen LogP contribution is 2.30. The van der Waals surface area contributed by atoms with Crippen molar-refractivity contribution in [2.24, 2.45) is 11.7 Å². The second-order valence-corrected chi connectivity index (χ2v) is 10.3. The van der Waals surface area contributed by atoms with Gasteiger partial charge in [0.25, 0.3) is 0 Å². The van der Waals surface area contributed by atoms with Crippen molar-refractivity contribution >= 4 is 24.2 Å². The first-order valence-corrected chi connectivity index (χ1v) is 14.4. The monoisotopic (exact) mass is 581 g/mol. The molecule has 41 heavy (non-hydrogen) atoms. The van der Waals surface area contributed by atoms with E-state index in [0.29, 0.717) is 24.8 Å². The molecule has 0 amide bonds. The summed E-state index contributed by atoms with van der Waals surface area (Å²) in [7, 11) is 0. The van der Waals surface area contributed by atoms with E-state index in [-0.39, 0.29) is 48.6 Å². The molecule has 0 bridgehead atoms. The fourth-order valence-electron chi connectivity index (χ4n) is 3.87. The number of rotatable bonds is 17. The van der Waals surface area contributed by atoms with Gasteiger partial charge in [-0.1, -0.05) is 53.0 Å². The Morgan fingerprint density at radius 3 is 1.78 bits per heavy atom. The summed E-state index contributed by atoms with van der Waals surface area (Å²) in [4.78, 5) is 49.3. The molecular weight excluding hydrogens is 534 g/mol. The van der Waals surface area contributed by atoms with Crippen molar-refractivity contribution in [1.82, 2.24) is 0 Å². The van der Waals surface area contributed by atoms with Crippen LogP contribution in [0.4, 0.5) is 9.59 Å². The number of hydrogen-bond acceptors (Lipinski definition) is 11. The van der Waals surface area contributed by atoms with Crippen LogP contribution in [0.2, 0.25) is 0 Å². The normalized spacial score (nSPS) is 14.5. The summed E-state index contributed by atoms with van der Waals surface area (Å²) in [6.07, 6.45) is 1.25. The molecule has 0 aliphatic heterocycles. The molecule has 0 radical (unpaired) electrons. The van der Waals surface area contributed by atoms with Crippen molar-refractivity contribution in [1.29, 1.82) is 0 Å². The summed E-state index contributed by atoms with van der Waals surface area (Å²) >= 11 is 0. The Morgan fingerprint density at radius 1 is 0.707 bits per heavy atom. The summed E-state index contributed by atoms with van der Waals surface area (Å²) in [5, 5.41) is 0. The smallest absolute Gasteiger partial charge is 0.461 e. The number of esters is 2. The third-order valence-corrected chi connectivity index (χ3v) is 6.04. The van der Waals surface area contributed by atoms with Crippen LogP contribution in [0.5, 0.6) is 11.5 Å². The molecule has 0 aromatic heterocycles. The molecule has 0 saturated heterocycles. The first-order chi connectivity index (χ1) is 19.4. The van der Waals surface area contributed by atoms with Gasteiger partial charge in [0.05, 0.1) is 5.92 Å². The van der Waals surface area contributed by atoms with Gasteiger partial charge in [0.1, 0.15) is 31.0 Å². The Bertz CT molecular complexity index is 982. The predicted molar refractivity (Wildman–Crippen MR) is 152 cm³/mol. The molecule has 1 rings (SSSR count). The van der Waals surface area contributed by atoms with Crippen molar-refractivity contribution in [2.45, 2.75) is 118 Å². The minimum absolute atomic E-state index is 0.0242. The van der Waals surface area contributed by atoms with Crippen LogP contribution in [0.25, 0.3) is 0 Å². The van der Waals surface area contributed by atoms with E-state index in [4.69, 9.17) is 34.2 Å². The SMILES string of the molecule is CCCC(C)OC(=O)Oc1ccc(C[C@H](N)C(=O)OC[C@H](C)OC(=O)C(C)CCC)cc1OC(=O)OC(C)CCC. The average Bonchev–Trinajstić information content (AvgIpc) is 2.88. The van der Waals surface area contributed by atoms with E-state index < -0.39 is 30.4 Å². The fraction of sp³-hybridized carbons (Fsp3) is 0.667. The summed E-state index contributed by atoms with van der Waals surface area (Å²) in [5.41, 5.74) is 6.56. The zero-order chi connectivity index (χ0) is 30.9. The summed E-state index contributed by atoms with van der Waals surface area (Å²) in [6, 6.07) is 3.35. The van der Waals surface area contributed by atoms with E-state index in [0.717, 1.165) is 19.3 Å². The lowest BCUT2D eigenvalue weighted by atomic mass is 10.1. The molecule has 0 heterocycles.